The smallest absolute Gasteiger partial charge is 0.257 e. The highest BCUT2D eigenvalue weighted by atomic mass is 35.5. The van der Waals surface area contributed by atoms with Crippen LogP contribution in [0.25, 0.3) is 0 Å². The normalized spacial score (nSPS) is 22.8. The van der Waals surface area contributed by atoms with Crippen LogP contribution in [0, 0.1) is 31.5 Å². The molecule has 216 valence electrons. The van der Waals surface area contributed by atoms with Gasteiger partial charge in [0.2, 0.25) is 5.91 Å². The number of carbonyl (C=O) groups is 2. The van der Waals surface area contributed by atoms with Crippen molar-refractivity contribution >= 4 is 29.1 Å². The van der Waals surface area contributed by atoms with Crippen molar-refractivity contribution in [2.24, 2.45) is 11.8 Å². The zero-order valence-corrected chi connectivity index (χ0v) is 24.7. The van der Waals surface area contributed by atoms with Gasteiger partial charge in [0.15, 0.2) is 0 Å². The van der Waals surface area contributed by atoms with Gasteiger partial charge in [-0.2, -0.15) is 0 Å². The first kappa shape index (κ1) is 29.3. The molecule has 3 aromatic rings. The van der Waals surface area contributed by atoms with Gasteiger partial charge in [-0.3, -0.25) is 9.59 Å². The Morgan fingerprint density at radius 1 is 1.05 bits per heavy atom. The van der Waals surface area contributed by atoms with Gasteiger partial charge in [0.1, 0.15) is 5.82 Å². The summed E-state index contributed by atoms with van der Waals surface area (Å²) in [4.78, 5) is 29.4. The van der Waals surface area contributed by atoms with Gasteiger partial charge in [-0.1, -0.05) is 54.1 Å². The molecule has 0 aliphatic carbocycles. The molecule has 0 bridgehead atoms. The molecule has 1 unspecified atom stereocenters. The molecular formula is C34H38ClFN2O3. The Labute approximate surface area is 247 Å². The summed E-state index contributed by atoms with van der Waals surface area (Å²) in [5.41, 5.74) is 4.27. The van der Waals surface area contributed by atoms with Crippen molar-refractivity contribution in [3.63, 3.8) is 0 Å². The van der Waals surface area contributed by atoms with E-state index in [1.807, 2.05) is 31.2 Å². The van der Waals surface area contributed by atoms with Crippen LogP contribution >= 0.6 is 11.6 Å². The number of likely N-dealkylation sites (tertiary alicyclic amines) is 1. The lowest BCUT2D eigenvalue weighted by Gasteiger charge is -2.41. The molecule has 1 N–H and O–H groups in total. The number of amides is 2. The van der Waals surface area contributed by atoms with Crippen molar-refractivity contribution in [2.45, 2.75) is 65.0 Å². The van der Waals surface area contributed by atoms with Gasteiger partial charge >= 0.3 is 0 Å². The molecule has 2 aliphatic rings. The Hall–Kier alpha value is -3.22. The van der Waals surface area contributed by atoms with Crippen molar-refractivity contribution in [3.05, 3.63) is 99.3 Å². The van der Waals surface area contributed by atoms with Crippen LogP contribution in [0.3, 0.4) is 0 Å². The summed E-state index contributed by atoms with van der Waals surface area (Å²) in [7, 11) is 0. The van der Waals surface area contributed by atoms with Gasteiger partial charge in [0.05, 0.1) is 23.6 Å². The first-order valence-electron chi connectivity index (χ1n) is 14.5. The molecule has 2 aliphatic heterocycles. The number of hydrogen-bond donors (Lipinski definition) is 1. The van der Waals surface area contributed by atoms with Crippen LogP contribution < -0.4 is 5.32 Å². The SMILES string of the molecule is Cc1ccc(NC(=O)[C@H]2CCCN(C(=O)c3c(C)cccc3F)[C@H]2c2ccc(CC3CCO[C@@H](C)C3)cc2)cc1Cl. The lowest BCUT2D eigenvalue weighted by atomic mass is 9.82. The molecule has 0 saturated carbocycles. The van der Waals surface area contributed by atoms with E-state index in [0.717, 1.165) is 37.0 Å². The molecule has 7 heteroatoms. The van der Waals surface area contributed by atoms with Gasteiger partial charge in [0.25, 0.3) is 5.91 Å². The molecule has 2 heterocycles. The van der Waals surface area contributed by atoms with Crippen LogP contribution in [0.1, 0.15) is 71.3 Å². The molecule has 0 spiro atoms. The minimum atomic E-state index is -0.546. The van der Waals surface area contributed by atoms with Gasteiger partial charge in [-0.05, 0) is 99.2 Å². The summed E-state index contributed by atoms with van der Waals surface area (Å²) in [5.74, 6) is -1.06. The molecule has 0 aromatic heterocycles. The highest BCUT2D eigenvalue weighted by molar-refractivity contribution is 6.31. The molecule has 2 saturated heterocycles. The second-order valence-corrected chi connectivity index (χ2v) is 12.0. The quantitative estimate of drug-likeness (QED) is 0.327. The van der Waals surface area contributed by atoms with Crippen LogP contribution in [0.4, 0.5) is 10.1 Å². The summed E-state index contributed by atoms with van der Waals surface area (Å²) in [6, 6.07) is 17.8. The molecule has 2 fully saturated rings. The van der Waals surface area contributed by atoms with E-state index >= 15 is 0 Å². The fourth-order valence-electron chi connectivity index (χ4n) is 6.32. The zero-order chi connectivity index (χ0) is 29.1. The summed E-state index contributed by atoms with van der Waals surface area (Å²) < 4.78 is 20.7. The summed E-state index contributed by atoms with van der Waals surface area (Å²) in [5, 5.41) is 3.60. The number of hydrogen-bond acceptors (Lipinski definition) is 3. The Kier molecular flexibility index (Phi) is 9.10. The average molecular weight is 577 g/mol. The van der Waals surface area contributed by atoms with E-state index in [4.69, 9.17) is 16.3 Å². The third kappa shape index (κ3) is 6.65. The number of rotatable bonds is 6. The minimum absolute atomic E-state index is 0.0640. The van der Waals surface area contributed by atoms with E-state index in [1.165, 1.54) is 11.6 Å². The van der Waals surface area contributed by atoms with E-state index in [-0.39, 0.29) is 23.5 Å². The Bertz CT molecular complexity index is 1390. The maximum Gasteiger partial charge on any atom is 0.257 e. The second-order valence-electron chi connectivity index (χ2n) is 11.6. The molecule has 3 aromatic carbocycles. The van der Waals surface area contributed by atoms with Gasteiger partial charge in [0, 0.05) is 23.9 Å². The Morgan fingerprint density at radius 2 is 1.83 bits per heavy atom. The van der Waals surface area contributed by atoms with Crippen molar-refractivity contribution in [1.82, 2.24) is 4.90 Å². The van der Waals surface area contributed by atoms with E-state index in [2.05, 4.69) is 24.4 Å². The highest BCUT2D eigenvalue weighted by Crippen LogP contribution is 2.39. The van der Waals surface area contributed by atoms with Crippen LogP contribution in [-0.4, -0.2) is 36.0 Å². The number of piperidine rings is 1. The molecule has 5 nitrogen and oxygen atoms in total. The number of ether oxygens (including phenoxy) is 1. The average Bonchev–Trinajstić information content (AvgIpc) is 2.95. The molecule has 0 radical (unpaired) electrons. The number of aryl methyl sites for hydroxylation is 2. The number of benzene rings is 3. The number of nitrogens with zero attached hydrogens (tertiary/aromatic N) is 1. The molecule has 41 heavy (non-hydrogen) atoms. The third-order valence-electron chi connectivity index (χ3n) is 8.54. The van der Waals surface area contributed by atoms with Crippen LogP contribution in [0.15, 0.2) is 60.7 Å². The first-order valence-corrected chi connectivity index (χ1v) is 14.9. The zero-order valence-electron chi connectivity index (χ0n) is 24.0. The Morgan fingerprint density at radius 3 is 2.54 bits per heavy atom. The summed E-state index contributed by atoms with van der Waals surface area (Å²) in [6.07, 6.45) is 4.58. The maximum atomic E-state index is 15.0. The monoisotopic (exact) mass is 576 g/mol. The minimum Gasteiger partial charge on any atom is -0.378 e. The number of halogens is 2. The van der Waals surface area contributed by atoms with E-state index in [9.17, 15) is 14.0 Å². The Balaban J connectivity index is 1.46. The van der Waals surface area contributed by atoms with Gasteiger partial charge in [-0.15, -0.1) is 0 Å². The topological polar surface area (TPSA) is 58.6 Å². The van der Waals surface area contributed by atoms with E-state index in [0.29, 0.717) is 41.6 Å². The number of nitrogens with one attached hydrogen (secondary N) is 1. The van der Waals surface area contributed by atoms with Crippen molar-refractivity contribution < 1.29 is 18.7 Å². The van der Waals surface area contributed by atoms with Gasteiger partial charge < -0.3 is 15.0 Å². The molecule has 4 atom stereocenters. The fraction of sp³-hybridized carbons (Fsp3) is 0.412. The van der Waals surface area contributed by atoms with E-state index in [1.54, 1.807) is 30.0 Å². The van der Waals surface area contributed by atoms with Crippen LogP contribution in [-0.2, 0) is 16.0 Å². The van der Waals surface area contributed by atoms with Gasteiger partial charge in [-0.25, -0.2) is 4.39 Å². The number of anilines is 1. The first-order chi connectivity index (χ1) is 19.7. The second kappa shape index (κ2) is 12.7. The fourth-order valence-corrected chi connectivity index (χ4v) is 6.50. The third-order valence-corrected chi connectivity index (χ3v) is 8.95. The summed E-state index contributed by atoms with van der Waals surface area (Å²) >= 11 is 6.32. The highest BCUT2D eigenvalue weighted by Gasteiger charge is 2.40. The predicted molar refractivity (Wildman–Crippen MR) is 161 cm³/mol. The van der Waals surface area contributed by atoms with Crippen LogP contribution in [0.2, 0.25) is 5.02 Å². The molecule has 5 rings (SSSR count). The standard InChI is InChI=1S/C34H38ClFN2O3/c1-21-9-14-27(20-29(21)35)37-33(39)28-7-5-16-38(34(40)31-22(2)6-4-8-30(31)36)32(28)26-12-10-24(11-13-26)19-25-15-17-41-23(3)18-25/h4,6,8-14,20,23,25,28,32H,5,7,15-19H2,1-3H3,(H,37,39)/t23-,25?,28-,32-/m0/s1. The van der Waals surface area contributed by atoms with Crippen molar-refractivity contribution in [2.75, 3.05) is 18.5 Å². The van der Waals surface area contributed by atoms with E-state index < -0.39 is 17.8 Å². The predicted octanol–water partition coefficient (Wildman–Crippen LogP) is 7.69. The lowest BCUT2D eigenvalue weighted by molar-refractivity contribution is -0.123. The largest absolute Gasteiger partial charge is 0.378 e. The summed E-state index contributed by atoms with van der Waals surface area (Å²) in [6.45, 7) is 7.01. The van der Waals surface area contributed by atoms with Crippen LogP contribution in [0.5, 0.6) is 0 Å². The molecule has 2 amide bonds. The van der Waals surface area contributed by atoms with Crippen molar-refractivity contribution in [1.29, 1.82) is 0 Å². The molecular weight excluding hydrogens is 539 g/mol. The number of carbonyl (C=O) groups excluding carboxylic acids is 2. The lowest BCUT2D eigenvalue weighted by Crippen LogP contribution is -2.46. The van der Waals surface area contributed by atoms with Crippen molar-refractivity contribution in [3.8, 4) is 0 Å². The maximum absolute atomic E-state index is 15.0.